The van der Waals surface area contributed by atoms with Gasteiger partial charge in [-0.25, -0.2) is 0 Å². The van der Waals surface area contributed by atoms with E-state index in [1.165, 1.54) is 11.1 Å². The van der Waals surface area contributed by atoms with Crippen molar-refractivity contribution in [3.8, 4) is 11.1 Å². The molecule has 90 valence electrons. The number of hydrogen-bond donors (Lipinski definition) is 0. The Morgan fingerprint density at radius 3 is 1.47 bits per heavy atom. The van der Waals surface area contributed by atoms with E-state index in [1.807, 2.05) is 12.1 Å². The number of benzene rings is 2. The van der Waals surface area contributed by atoms with Crippen LogP contribution in [-0.2, 0) is 4.52 Å². The standard InChI is InChI=1S/C12H10.C3H9OP/c1-3-7-11(8-4-1)12-9-5-2-6-10-12;1-2-3-4-5/h1-10H;2-3,5H2,1H3. The zero-order valence-corrected chi connectivity index (χ0v) is 11.3. The summed E-state index contributed by atoms with van der Waals surface area (Å²) in [5.41, 5.74) is 2.55. The highest BCUT2D eigenvalue weighted by atomic mass is 31.0. The van der Waals surface area contributed by atoms with E-state index in [2.05, 4.69) is 69.4 Å². The summed E-state index contributed by atoms with van der Waals surface area (Å²) in [7, 11) is 2.20. The van der Waals surface area contributed by atoms with Gasteiger partial charge in [0.1, 0.15) is 0 Å². The van der Waals surface area contributed by atoms with Crippen LogP contribution >= 0.6 is 9.47 Å². The molecule has 0 fully saturated rings. The van der Waals surface area contributed by atoms with E-state index in [-0.39, 0.29) is 0 Å². The summed E-state index contributed by atoms with van der Waals surface area (Å²) in [6.07, 6.45) is 1.10. The second-order valence-electron chi connectivity index (χ2n) is 3.60. The molecule has 0 saturated heterocycles. The minimum absolute atomic E-state index is 0.852. The molecule has 17 heavy (non-hydrogen) atoms. The van der Waals surface area contributed by atoms with Crippen LogP contribution in [0.2, 0.25) is 0 Å². The molecule has 1 atom stereocenters. The zero-order chi connectivity index (χ0) is 12.3. The zero-order valence-electron chi connectivity index (χ0n) is 10.2. The Hall–Kier alpha value is -1.17. The molecular formula is C15H19OP. The van der Waals surface area contributed by atoms with Gasteiger partial charge in [-0.3, -0.25) is 0 Å². The van der Waals surface area contributed by atoms with Crippen LogP contribution in [0.15, 0.2) is 60.7 Å². The molecule has 2 heteroatoms. The summed E-state index contributed by atoms with van der Waals surface area (Å²) in [6, 6.07) is 20.8. The third-order valence-corrected chi connectivity index (χ3v) is 2.44. The van der Waals surface area contributed by atoms with Crippen LogP contribution in [0.4, 0.5) is 0 Å². The van der Waals surface area contributed by atoms with Crippen molar-refractivity contribution in [2.75, 3.05) is 6.61 Å². The third kappa shape index (κ3) is 5.63. The maximum absolute atomic E-state index is 4.61. The van der Waals surface area contributed by atoms with Gasteiger partial charge in [0.15, 0.2) is 0 Å². The molecule has 0 amide bonds. The molecular weight excluding hydrogens is 227 g/mol. The lowest BCUT2D eigenvalue weighted by molar-refractivity contribution is 0.371. The van der Waals surface area contributed by atoms with Crippen molar-refractivity contribution >= 4 is 9.47 Å². The van der Waals surface area contributed by atoms with Crippen molar-refractivity contribution in [2.45, 2.75) is 13.3 Å². The Bertz CT molecular complexity index is 347. The van der Waals surface area contributed by atoms with E-state index < -0.39 is 0 Å². The molecule has 0 bridgehead atoms. The van der Waals surface area contributed by atoms with Crippen LogP contribution in [0.1, 0.15) is 13.3 Å². The van der Waals surface area contributed by atoms with Gasteiger partial charge in [-0.2, -0.15) is 0 Å². The Balaban J connectivity index is 0.000000249. The molecule has 1 nitrogen and oxygen atoms in total. The summed E-state index contributed by atoms with van der Waals surface area (Å²) < 4.78 is 4.61. The van der Waals surface area contributed by atoms with E-state index in [1.54, 1.807) is 0 Å². The molecule has 1 unspecified atom stereocenters. The Morgan fingerprint density at radius 2 is 1.24 bits per heavy atom. The lowest BCUT2D eigenvalue weighted by Gasteiger charge is -1.98. The van der Waals surface area contributed by atoms with Gasteiger partial charge < -0.3 is 4.52 Å². The van der Waals surface area contributed by atoms with E-state index >= 15 is 0 Å². The molecule has 0 heterocycles. The minimum atomic E-state index is 0.852. The third-order valence-electron chi connectivity index (χ3n) is 2.20. The van der Waals surface area contributed by atoms with E-state index in [9.17, 15) is 0 Å². The van der Waals surface area contributed by atoms with Gasteiger partial charge in [0.2, 0.25) is 0 Å². The molecule has 2 aromatic carbocycles. The molecule has 0 aromatic heterocycles. The SMILES string of the molecule is CCCOP.c1ccc(-c2ccccc2)cc1. The Kier molecular flexibility index (Phi) is 7.29. The summed E-state index contributed by atoms with van der Waals surface area (Å²) in [5, 5.41) is 0. The second kappa shape index (κ2) is 8.92. The smallest absolute Gasteiger partial charge is 0.0499 e. The number of rotatable bonds is 3. The molecule has 0 aliphatic heterocycles. The molecule has 2 rings (SSSR count). The Morgan fingerprint density at radius 1 is 0.824 bits per heavy atom. The van der Waals surface area contributed by atoms with Gasteiger partial charge >= 0.3 is 0 Å². The normalized spacial score (nSPS) is 9.29. The first-order chi connectivity index (χ1) is 8.38. The van der Waals surface area contributed by atoms with Gasteiger partial charge in [0.25, 0.3) is 0 Å². The van der Waals surface area contributed by atoms with Gasteiger partial charge in [-0.05, 0) is 17.5 Å². The van der Waals surface area contributed by atoms with Crippen LogP contribution in [0.3, 0.4) is 0 Å². The highest BCUT2D eigenvalue weighted by molar-refractivity contribution is 7.09. The average molecular weight is 246 g/mol. The molecule has 0 aliphatic rings. The largest absolute Gasteiger partial charge is 0.366 e. The monoisotopic (exact) mass is 246 g/mol. The lowest BCUT2D eigenvalue weighted by Crippen LogP contribution is -1.73. The van der Waals surface area contributed by atoms with Crippen molar-refractivity contribution in [3.63, 3.8) is 0 Å². The van der Waals surface area contributed by atoms with Gasteiger partial charge in [0.05, 0.1) is 0 Å². The van der Waals surface area contributed by atoms with Gasteiger partial charge in [-0.1, -0.05) is 67.6 Å². The molecule has 2 aromatic rings. The second-order valence-corrected chi connectivity index (χ2v) is 3.94. The average Bonchev–Trinajstić information content (AvgIpc) is 2.42. The lowest BCUT2D eigenvalue weighted by atomic mass is 10.1. The first kappa shape index (κ1) is 13.9. The van der Waals surface area contributed by atoms with E-state index in [4.69, 9.17) is 0 Å². The van der Waals surface area contributed by atoms with Gasteiger partial charge in [-0.15, -0.1) is 0 Å². The maximum Gasteiger partial charge on any atom is 0.0499 e. The molecule has 0 aliphatic carbocycles. The molecule has 0 radical (unpaired) electrons. The minimum Gasteiger partial charge on any atom is -0.366 e. The summed E-state index contributed by atoms with van der Waals surface area (Å²) in [4.78, 5) is 0. The summed E-state index contributed by atoms with van der Waals surface area (Å²) >= 11 is 0. The first-order valence-electron chi connectivity index (χ1n) is 5.80. The summed E-state index contributed by atoms with van der Waals surface area (Å²) in [6.45, 7) is 2.93. The number of hydrogen-bond acceptors (Lipinski definition) is 1. The van der Waals surface area contributed by atoms with Gasteiger partial charge in [0, 0.05) is 16.1 Å². The van der Waals surface area contributed by atoms with Crippen molar-refractivity contribution < 1.29 is 4.52 Å². The van der Waals surface area contributed by atoms with Crippen molar-refractivity contribution in [2.24, 2.45) is 0 Å². The van der Waals surface area contributed by atoms with Crippen molar-refractivity contribution in [1.82, 2.24) is 0 Å². The first-order valence-corrected chi connectivity index (χ1v) is 6.27. The highest BCUT2D eigenvalue weighted by Gasteiger charge is 1.91. The van der Waals surface area contributed by atoms with Crippen LogP contribution in [0.25, 0.3) is 11.1 Å². The molecule has 0 spiro atoms. The fourth-order valence-corrected chi connectivity index (χ4v) is 1.61. The summed E-state index contributed by atoms with van der Waals surface area (Å²) in [5.74, 6) is 0. The van der Waals surface area contributed by atoms with Crippen LogP contribution < -0.4 is 0 Å². The van der Waals surface area contributed by atoms with E-state index in [0.29, 0.717) is 0 Å². The topological polar surface area (TPSA) is 9.23 Å². The van der Waals surface area contributed by atoms with Crippen LogP contribution in [-0.4, -0.2) is 6.61 Å². The van der Waals surface area contributed by atoms with Crippen molar-refractivity contribution in [3.05, 3.63) is 60.7 Å². The molecule has 0 saturated carbocycles. The predicted octanol–water partition coefficient (Wildman–Crippen LogP) is 4.56. The van der Waals surface area contributed by atoms with Crippen LogP contribution in [0.5, 0.6) is 0 Å². The Labute approximate surface area is 106 Å². The maximum atomic E-state index is 4.61. The van der Waals surface area contributed by atoms with Crippen molar-refractivity contribution in [1.29, 1.82) is 0 Å². The van der Waals surface area contributed by atoms with Crippen LogP contribution in [0, 0.1) is 0 Å². The quantitative estimate of drug-likeness (QED) is 0.721. The predicted molar refractivity (Wildman–Crippen MR) is 77.8 cm³/mol. The fourth-order valence-electron chi connectivity index (χ4n) is 1.38. The fraction of sp³-hybridized carbons (Fsp3) is 0.200. The van der Waals surface area contributed by atoms with E-state index in [0.717, 1.165) is 13.0 Å². The molecule has 0 N–H and O–H groups in total. The highest BCUT2D eigenvalue weighted by Crippen LogP contribution is 2.17.